The molecule has 8 heteroatoms. The molecule has 17 heavy (non-hydrogen) atoms. The second kappa shape index (κ2) is 4.10. The molecular weight excluding hydrogens is 355 g/mol. The number of imidazole rings is 1. The van der Waals surface area contributed by atoms with Gasteiger partial charge in [0.05, 0.1) is 5.52 Å². The molecule has 0 atom stereocenters. The van der Waals surface area contributed by atoms with Crippen molar-refractivity contribution < 1.29 is 8.42 Å². The molecule has 0 bridgehead atoms. The van der Waals surface area contributed by atoms with Gasteiger partial charge in [-0.2, -0.15) is 0 Å². The van der Waals surface area contributed by atoms with Crippen LogP contribution >= 0.6 is 22.6 Å². The lowest BCUT2D eigenvalue weighted by Crippen LogP contribution is -2.22. The van der Waals surface area contributed by atoms with Crippen molar-refractivity contribution >= 4 is 49.6 Å². The van der Waals surface area contributed by atoms with Crippen molar-refractivity contribution in [2.75, 3.05) is 19.8 Å². The van der Waals surface area contributed by atoms with Gasteiger partial charge < -0.3 is 10.7 Å². The van der Waals surface area contributed by atoms with Crippen LogP contribution in [0.5, 0.6) is 0 Å². The van der Waals surface area contributed by atoms with Gasteiger partial charge in [0.25, 0.3) is 0 Å². The number of anilines is 1. The summed E-state index contributed by atoms with van der Waals surface area (Å²) in [4.78, 5) is 7.01. The number of hydrogen-bond acceptors (Lipinski definition) is 4. The fourth-order valence-corrected chi connectivity index (χ4v) is 3.37. The van der Waals surface area contributed by atoms with Gasteiger partial charge in [-0.3, -0.25) is 0 Å². The highest BCUT2D eigenvalue weighted by molar-refractivity contribution is 14.1. The smallest absolute Gasteiger partial charge is 0.244 e. The van der Waals surface area contributed by atoms with E-state index < -0.39 is 10.0 Å². The van der Waals surface area contributed by atoms with Crippen molar-refractivity contribution in [3.8, 4) is 0 Å². The van der Waals surface area contributed by atoms with E-state index in [-0.39, 0.29) is 10.8 Å². The summed E-state index contributed by atoms with van der Waals surface area (Å²) in [7, 11) is -0.556. The highest BCUT2D eigenvalue weighted by Crippen LogP contribution is 2.26. The maximum absolute atomic E-state index is 12.1. The number of nitrogen functional groups attached to an aromatic ring is 1. The molecule has 0 saturated heterocycles. The number of nitrogens with one attached hydrogen (secondary N) is 1. The van der Waals surface area contributed by atoms with E-state index in [1.54, 1.807) is 12.1 Å². The molecule has 6 nitrogen and oxygen atoms in total. The minimum atomic E-state index is -3.52. The molecule has 1 aromatic carbocycles. The molecule has 0 spiro atoms. The van der Waals surface area contributed by atoms with E-state index in [0.29, 0.717) is 11.0 Å². The van der Waals surface area contributed by atoms with Crippen LogP contribution in [-0.2, 0) is 10.0 Å². The van der Waals surface area contributed by atoms with E-state index in [0.717, 1.165) is 7.88 Å². The lowest BCUT2D eigenvalue weighted by Gasteiger charge is -2.11. The van der Waals surface area contributed by atoms with Gasteiger partial charge in [-0.05, 0) is 34.7 Å². The first kappa shape index (κ1) is 12.6. The molecule has 2 aromatic rings. The van der Waals surface area contributed by atoms with Crippen molar-refractivity contribution in [1.82, 2.24) is 14.3 Å². The fraction of sp³-hybridized carbons (Fsp3) is 0.222. The minimum absolute atomic E-state index is 0.164. The molecule has 0 aliphatic carbocycles. The Morgan fingerprint density at radius 3 is 2.65 bits per heavy atom. The van der Waals surface area contributed by atoms with Crippen LogP contribution < -0.4 is 5.73 Å². The molecule has 1 heterocycles. The van der Waals surface area contributed by atoms with Gasteiger partial charge in [0, 0.05) is 17.7 Å². The maximum atomic E-state index is 12.1. The van der Waals surface area contributed by atoms with Gasteiger partial charge in [-0.15, -0.1) is 0 Å². The molecule has 0 fully saturated rings. The number of H-pyrrole nitrogens is 1. The van der Waals surface area contributed by atoms with Crippen LogP contribution in [0.1, 0.15) is 0 Å². The summed E-state index contributed by atoms with van der Waals surface area (Å²) in [5.74, 6) is 0.206. The summed E-state index contributed by atoms with van der Waals surface area (Å²) in [5, 5.41) is 0. The van der Waals surface area contributed by atoms with Crippen LogP contribution in [0.25, 0.3) is 11.0 Å². The first-order valence-corrected chi connectivity index (χ1v) is 7.21. The standard InChI is InChI=1S/C9H11IN4O2S/c1-14(2)17(15,16)7-4-5(10)3-6-8(7)13-9(11)12-6/h3-4H,1-2H3,(H3,11,12,13). The minimum Gasteiger partial charge on any atom is -0.369 e. The molecule has 2 rings (SSSR count). The van der Waals surface area contributed by atoms with Crippen molar-refractivity contribution in [2.45, 2.75) is 4.90 Å². The van der Waals surface area contributed by atoms with Crippen molar-refractivity contribution in [3.63, 3.8) is 0 Å². The normalized spacial score (nSPS) is 12.5. The van der Waals surface area contributed by atoms with Crippen LogP contribution in [0, 0.1) is 3.57 Å². The second-order valence-corrected chi connectivity index (χ2v) is 7.08. The average Bonchev–Trinajstić information content (AvgIpc) is 2.56. The van der Waals surface area contributed by atoms with E-state index in [9.17, 15) is 8.42 Å². The first-order valence-electron chi connectivity index (χ1n) is 4.69. The predicted molar refractivity (Wildman–Crippen MR) is 74.1 cm³/mol. The number of aromatic amines is 1. The Bertz CT molecular complexity index is 678. The molecule has 1 aromatic heterocycles. The Balaban J connectivity index is 2.85. The lowest BCUT2D eigenvalue weighted by molar-refractivity contribution is 0.521. The molecule has 0 radical (unpaired) electrons. The predicted octanol–water partition coefficient (Wildman–Crippen LogP) is 1.00. The number of aromatic nitrogens is 2. The SMILES string of the molecule is CN(C)S(=O)(=O)c1cc(I)cc2[nH]c(N)nc12. The molecule has 0 amide bonds. The number of halogens is 1. The average molecular weight is 366 g/mol. The number of benzene rings is 1. The molecular formula is C9H11IN4O2S. The summed E-state index contributed by atoms with van der Waals surface area (Å²) in [5.41, 5.74) is 6.54. The number of fused-ring (bicyclic) bond motifs is 1. The van der Waals surface area contributed by atoms with Gasteiger partial charge in [0.15, 0.2) is 5.95 Å². The second-order valence-electron chi connectivity index (χ2n) is 3.71. The van der Waals surface area contributed by atoms with Crippen LogP contribution in [0.2, 0.25) is 0 Å². The third kappa shape index (κ3) is 2.11. The topological polar surface area (TPSA) is 92.1 Å². The number of sulfonamides is 1. The summed E-state index contributed by atoms with van der Waals surface area (Å²) >= 11 is 2.05. The van der Waals surface area contributed by atoms with Crippen molar-refractivity contribution in [2.24, 2.45) is 0 Å². The summed E-state index contributed by atoms with van der Waals surface area (Å²) < 4.78 is 26.2. The maximum Gasteiger partial charge on any atom is 0.244 e. The molecule has 0 aliphatic rings. The Hall–Kier alpha value is -0.870. The summed E-state index contributed by atoms with van der Waals surface area (Å²) in [6, 6.07) is 3.38. The van der Waals surface area contributed by atoms with E-state index in [1.807, 2.05) is 0 Å². The number of nitrogens with two attached hydrogens (primary N) is 1. The summed E-state index contributed by atoms with van der Waals surface area (Å²) in [6.07, 6.45) is 0. The molecule has 0 aliphatic heterocycles. The van der Waals surface area contributed by atoms with E-state index in [4.69, 9.17) is 5.73 Å². The highest BCUT2D eigenvalue weighted by atomic mass is 127. The van der Waals surface area contributed by atoms with Crippen molar-refractivity contribution in [1.29, 1.82) is 0 Å². The van der Waals surface area contributed by atoms with Crippen LogP contribution in [0.15, 0.2) is 17.0 Å². The highest BCUT2D eigenvalue weighted by Gasteiger charge is 2.22. The zero-order valence-corrected chi connectivity index (χ0v) is 12.2. The largest absolute Gasteiger partial charge is 0.369 e. The Morgan fingerprint density at radius 1 is 1.41 bits per heavy atom. The number of nitrogens with zero attached hydrogens (tertiary/aromatic N) is 2. The first-order chi connectivity index (χ1) is 7.82. The summed E-state index contributed by atoms with van der Waals surface area (Å²) in [6.45, 7) is 0. The van der Waals surface area contributed by atoms with E-state index in [1.165, 1.54) is 14.1 Å². The van der Waals surface area contributed by atoms with Gasteiger partial charge in [-0.1, -0.05) is 0 Å². The van der Waals surface area contributed by atoms with Gasteiger partial charge >= 0.3 is 0 Å². The van der Waals surface area contributed by atoms with E-state index in [2.05, 4.69) is 32.6 Å². The zero-order valence-electron chi connectivity index (χ0n) is 9.23. The van der Waals surface area contributed by atoms with Crippen LogP contribution in [-0.4, -0.2) is 36.8 Å². The number of hydrogen-bond donors (Lipinski definition) is 2. The fourth-order valence-electron chi connectivity index (χ4n) is 1.46. The lowest BCUT2D eigenvalue weighted by atomic mass is 10.3. The third-order valence-corrected chi connectivity index (χ3v) is 4.74. The molecule has 92 valence electrons. The van der Waals surface area contributed by atoms with Crippen LogP contribution in [0.4, 0.5) is 5.95 Å². The van der Waals surface area contributed by atoms with Crippen LogP contribution in [0.3, 0.4) is 0 Å². The Labute approximate surface area is 112 Å². The quantitative estimate of drug-likeness (QED) is 0.776. The van der Waals surface area contributed by atoms with Gasteiger partial charge in [0.2, 0.25) is 10.0 Å². The van der Waals surface area contributed by atoms with Crippen molar-refractivity contribution in [3.05, 3.63) is 15.7 Å². The van der Waals surface area contributed by atoms with E-state index >= 15 is 0 Å². The number of rotatable bonds is 2. The molecule has 3 N–H and O–H groups in total. The third-order valence-electron chi connectivity index (χ3n) is 2.29. The molecule has 0 unspecified atom stereocenters. The Morgan fingerprint density at radius 2 is 2.06 bits per heavy atom. The monoisotopic (exact) mass is 366 g/mol. The van der Waals surface area contributed by atoms with Gasteiger partial charge in [-0.25, -0.2) is 17.7 Å². The zero-order chi connectivity index (χ0) is 12.8. The molecule has 0 saturated carbocycles. The van der Waals surface area contributed by atoms with Gasteiger partial charge in [0.1, 0.15) is 10.4 Å². The Kier molecular flexibility index (Phi) is 3.04.